The largest absolute Gasteiger partial charge is 0.480 e. The lowest BCUT2D eigenvalue weighted by Gasteiger charge is -2.30. The molecule has 2 aromatic carbocycles. The lowest BCUT2D eigenvalue weighted by atomic mass is 9.81. The van der Waals surface area contributed by atoms with Gasteiger partial charge in [-0.25, -0.2) is 9.59 Å². The smallest absolute Gasteiger partial charge is 0.349 e. The molecule has 4 rings (SSSR count). The molecule has 1 heterocycles. The molecule has 1 saturated carbocycles. The molecule has 1 aliphatic rings. The van der Waals surface area contributed by atoms with Gasteiger partial charge >= 0.3 is 11.9 Å². The molecule has 3 N–H and O–H groups in total. The number of hydrogen-bond acceptors (Lipinski definition) is 5. The van der Waals surface area contributed by atoms with E-state index in [9.17, 15) is 14.7 Å². The van der Waals surface area contributed by atoms with Gasteiger partial charge in [0.15, 0.2) is 11.5 Å². The molecule has 0 spiro atoms. The summed E-state index contributed by atoms with van der Waals surface area (Å²) in [6.07, 6.45) is 4.49. The fourth-order valence-electron chi connectivity index (χ4n) is 4.50. The highest BCUT2D eigenvalue weighted by atomic mass is 32.1. The van der Waals surface area contributed by atoms with Gasteiger partial charge in [-0.15, -0.1) is 11.3 Å². The predicted octanol–water partition coefficient (Wildman–Crippen LogP) is 6.02. The lowest BCUT2D eigenvalue weighted by molar-refractivity contribution is -0.139. The fraction of sp³-hybridized carbons (Fsp3) is 0.308. The first kappa shape index (κ1) is 22.9. The van der Waals surface area contributed by atoms with Crippen LogP contribution in [0.2, 0.25) is 0 Å². The van der Waals surface area contributed by atoms with Crippen LogP contribution >= 0.6 is 11.3 Å². The van der Waals surface area contributed by atoms with E-state index in [2.05, 4.69) is 35.6 Å². The summed E-state index contributed by atoms with van der Waals surface area (Å²) >= 11 is 1.11. The highest BCUT2D eigenvalue weighted by Gasteiger charge is 2.24. The molecule has 0 radical (unpaired) electrons. The Balaban J connectivity index is 1.48. The van der Waals surface area contributed by atoms with Gasteiger partial charge in [0.05, 0.1) is 0 Å². The van der Waals surface area contributed by atoms with E-state index in [1.165, 1.54) is 5.56 Å². The normalized spacial score (nSPS) is 18.0. The van der Waals surface area contributed by atoms with E-state index in [-0.39, 0.29) is 10.6 Å². The van der Waals surface area contributed by atoms with Crippen LogP contribution in [-0.2, 0) is 4.79 Å². The molecule has 1 aliphatic carbocycles. The summed E-state index contributed by atoms with van der Waals surface area (Å²) in [6.45, 7) is 1.19. The number of carbonyl (C=O) groups is 2. The maximum Gasteiger partial charge on any atom is 0.349 e. The van der Waals surface area contributed by atoms with Crippen molar-refractivity contribution in [3.8, 4) is 16.2 Å². The third kappa shape index (κ3) is 5.37. The van der Waals surface area contributed by atoms with Crippen LogP contribution in [0.5, 0.6) is 5.75 Å². The van der Waals surface area contributed by atoms with Crippen LogP contribution in [0.3, 0.4) is 0 Å². The molecule has 1 fully saturated rings. The van der Waals surface area contributed by atoms with Crippen molar-refractivity contribution >= 4 is 29.0 Å². The second-order valence-corrected chi connectivity index (χ2v) is 9.41. The second-order valence-electron chi connectivity index (χ2n) is 8.39. The van der Waals surface area contributed by atoms with E-state index in [1.807, 2.05) is 24.3 Å². The summed E-state index contributed by atoms with van der Waals surface area (Å²) in [5.74, 6) is -1.53. The molecule has 3 aromatic rings. The van der Waals surface area contributed by atoms with Crippen molar-refractivity contribution in [1.29, 1.82) is 0 Å². The molecule has 1 aromatic heterocycles. The Morgan fingerprint density at radius 2 is 1.76 bits per heavy atom. The van der Waals surface area contributed by atoms with E-state index in [1.54, 1.807) is 6.92 Å². The molecule has 33 heavy (non-hydrogen) atoms. The zero-order valence-corrected chi connectivity index (χ0v) is 19.2. The van der Waals surface area contributed by atoms with Crippen LogP contribution in [0.1, 0.15) is 52.4 Å². The number of benzene rings is 2. The highest BCUT2D eigenvalue weighted by Crippen LogP contribution is 2.42. The van der Waals surface area contributed by atoms with Crippen LogP contribution in [0.25, 0.3) is 10.4 Å². The number of rotatable bonds is 8. The Morgan fingerprint density at radius 1 is 1.03 bits per heavy atom. The molecule has 0 aliphatic heterocycles. The summed E-state index contributed by atoms with van der Waals surface area (Å²) in [4.78, 5) is 23.4. The summed E-state index contributed by atoms with van der Waals surface area (Å²) in [5.41, 5.74) is 3.93. The lowest BCUT2D eigenvalue weighted by Crippen LogP contribution is -2.25. The van der Waals surface area contributed by atoms with Gasteiger partial charge in [-0.2, -0.15) is 0 Å². The summed E-state index contributed by atoms with van der Waals surface area (Å²) < 4.78 is 5.31. The molecule has 0 bridgehead atoms. The SMILES string of the molecule is Cc1c(-c2cccc(NC3CCC(c4ccccc4)CC3)c2)sc(C(=O)O)c1OCC(=O)O. The third-order valence-corrected chi connectivity index (χ3v) is 7.43. The number of carboxylic acid groups (broad SMARTS) is 2. The second kappa shape index (κ2) is 10.1. The number of carboxylic acids is 2. The molecule has 0 atom stereocenters. The van der Waals surface area contributed by atoms with Gasteiger partial charge in [0.2, 0.25) is 0 Å². The van der Waals surface area contributed by atoms with Crippen molar-refractivity contribution in [2.24, 2.45) is 0 Å². The molecule has 0 saturated heterocycles. The number of nitrogens with one attached hydrogen (secondary N) is 1. The standard InChI is InChI=1S/C26H27NO5S/c1-16-23(32-15-22(28)29)25(26(30)31)33-24(16)19-8-5-9-21(14-19)27-20-12-10-18(11-13-20)17-6-3-2-4-7-17/h2-9,14,18,20,27H,10-13,15H2,1H3,(H,28,29)(H,30,31). The van der Waals surface area contributed by atoms with Crippen molar-refractivity contribution in [2.75, 3.05) is 11.9 Å². The van der Waals surface area contributed by atoms with E-state index >= 15 is 0 Å². The van der Waals surface area contributed by atoms with Gasteiger partial charge < -0.3 is 20.3 Å². The number of hydrogen-bond donors (Lipinski definition) is 3. The summed E-state index contributed by atoms with van der Waals surface area (Å²) in [7, 11) is 0. The first-order valence-corrected chi connectivity index (χ1v) is 11.9. The van der Waals surface area contributed by atoms with Gasteiger partial charge in [-0.05, 0) is 61.8 Å². The fourth-order valence-corrected chi connectivity index (χ4v) is 5.59. The maximum atomic E-state index is 11.7. The molecular weight excluding hydrogens is 438 g/mol. The van der Waals surface area contributed by atoms with Gasteiger partial charge in [0, 0.05) is 22.2 Å². The van der Waals surface area contributed by atoms with Crippen molar-refractivity contribution in [1.82, 2.24) is 0 Å². The van der Waals surface area contributed by atoms with Crippen LogP contribution in [0.15, 0.2) is 54.6 Å². The zero-order chi connectivity index (χ0) is 23.4. The number of ether oxygens (including phenoxy) is 1. The van der Waals surface area contributed by atoms with E-state index in [0.29, 0.717) is 17.5 Å². The molecule has 172 valence electrons. The average Bonchev–Trinajstić information content (AvgIpc) is 3.15. The number of anilines is 1. The number of aliphatic carboxylic acids is 1. The van der Waals surface area contributed by atoms with Crippen LogP contribution in [0, 0.1) is 6.92 Å². The van der Waals surface area contributed by atoms with Crippen molar-refractivity contribution in [3.05, 3.63) is 70.6 Å². The minimum absolute atomic E-state index is 0.0151. The summed E-state index contributed by atoms with van der Waals surface area (Å²) in [5, 5.41) is 22.1. The van der Waals surface area contributed by atoms with Crippen LogP contribution in [-0.4, -0.2) is 34.8 Å². The van der Waals surface area contributed by atoms with Gasteiger partial charge in [-0.1, -0.05) is 42.5 Å². The third-order valence-electron chi connectivity index (χ3n) is 6.12. The molecular formula is C26H27NO5S. The van der Waals surface area contributed by atoms with Crippen LogP contribution in [0.4, 0.5) is 5.69 Å². The highest BCUT2D eigenvalue weighted by molar-refractivity contribution is 7.18. The first-order chi connectivity index (χ1) is 15.9. The maximum absolute atomic E-state index is 11.7. The van der Waals surface area contributed by atoms with E-state index in [4.69, 9.17) is 9.84 Å². The zero-order valence-electron chi connectivity index (χ0n) is 18.4. The monoisotopic (exact) mass is 465 g/mol. The Hall–Kier alpha value is -3.32. The number of thiophene rings is 1. The topological polar surface area (TPSA) is 95.9 Å². The van der Waals surface area contributed by atoms with Crippen LogP contribution < -0.4 is 10.1 Å². The molecule has 6 nitrogen and oxygen atoms in total. The Kier molecular flexibility index (Phi) is 6.99. The van der Waals surface area contributed by atoms with Crippen molar-refractivity contribution < 1.29 is 24.5 Å². The Morgan fingerprint density at radius 3 is 2.42 bits per heavy atom. The van der Waals surface area contributed by atoms with Crippen molar-refractivity contribution in [3.63, 3.8) is 0 Å². The molecule has 0 amide bonds. The van der Waals surface area contributed by atoms with Gasteiger partial charge in [0.25, 0.3) is 0 Å². The molecule has 0 unspecified atom stereocenters. The van der Waals surface area contributed by atoms with Gasteiger partial charge in [0.1, 0.15) is 5.75 Å². The van der Waals surface area contributed by atoms with Gasteiger partial charge in [-0.3, -0.25) is 0 Å². The quantitative estimate of drug-likeness (QED) is 0.376. The summed E-state index contributed by atoms with van der Waals surface area (Å²) in [6, 6.07) is 19.0. The minimum atomic E-state index is -1.15. The number of aromatic carboxylic acids is 1. The minimum Gasteiger partial charge on any atom is -0.480 e. The Bertz CT molecular complexity index is 1130. The predicted molar refractivity (Wildman–Crippen MR) is 130 cm³/mol. The van der Waals surface area contributed by atoms with E-state index < -0.39 is 18.5 Å². The molecule has 7 heteroatoms. The van der Waals surface area contributed by atoms with Crippen molar-refractivity contribution in [2.45, 2.75) is 44.6 Å². The average molecular weight is 466 g/mol. The van der Waals surface area contributed by atoms with E-state index in [0.717, 1.165) is 53.1 Å². The Labute approximate surface area is 196 Å². The first-order valence-electron chi connectivity index (χ1n) is 11.1.